The van der Waals surface area contributed by atoms with E-state index in [2.05, 4.69) is 15.4 Å². The van der Waals surface area contributed by atoms with Gasteiger partial charge in [-0.3, -0.25) is 18.7 Å². The van der Waals surface area contributed by atoms with E-state index in [0.29, 0.717) is 17.7 Å². The minimum absolute atomic E-state index is 0.0435. The van der Waals surface area contributed by atoms with Gasteiger partial charge in [0.1, 0.15) is 18.0 Å². The maximum Gasteiger partial charge on any atom is 0.425 e. The highest BCUT2D eigenvalue weighted by atomic mass is 35.5. The number of nitrogens with zero attached hydrogens (tertiary/aromatic N) is 5. The Balaban J connectivity index is 2.18. The first-order chi connectivity index (χ1) is 16.8. The van der Waals surface area contributed by atoms with E-state index in [0.717, 1.165) is 15.2 Å². The maximum atomic E-state index is 15.1. The molecule has 3 heterocycles. The average molecular weight is 535 g/mol. The summed E-state index contributed by atoms with van der Waals surface area (Å²) in [5.74, 6) is -4.74. The van der Waals surface area contributed by atoms with Crippen molar-refractivity contribution in [1.29, 1.82) is 0 Å². The van der Waals surface area contributed by atoms with Crippen molar-refractivity contribution in [2.24, 2.45) is 7.05 Å². The normalized spacial score (nSPS) is 12.5. The molecule has 0 radical (unpaired) electrons. The number of amides is 1. The largest absolute Gasteiger partial charge is 0.464 e. The molecule has 2 N–H and O–H groups in total. The molecule has 1 atom stereocenters. The van der Waals surface area contributed by atoms with Crippen LogP contribution in [0.1, 0.15) is 30.0 Å². The van der Waals surface area contributed by atoms with Gasteiger partial charge in [0.25, 0.3) is 11.5 Å². The molecule has 0 aliphatic rings. The van der Waals surface area contributed by atoms with Gasteiger partial charge in [-0.2, -0.15) is 22.8 Å². The number of nitrogens with one attached hydrogen (secondary N) is 1. The second-order valence-electron chi connectivity index (χ2n) is 7.34. The lowest BCUT2D eigenvalue weighted by Crippen LogP contribution is -2.33. The molecule has 0 aliphatic carbocycles. The predicted octanol–water partition coefficient (Wildman–Crippen LogP) is 2.01. The molecule has 11 nitrogen and oxygen atoms in total. The highest BCUT2D eigenvalue weighted by Crippen LogP contribution is 2.29. The molecule has 194 valence electrons. The van der Waals surface area contributed by atoms with Crippen LogP contribution in [-0.2, 0) is 20.2 Å². The average Bonchev–Trinajstić information content (AvgIpc) is 3.14. The number of halogens is 5. The summed E-state index contributed by atoms with van der Waals surface area (Å²) >= 11 is 6.00. The minimum atomic E-state index is -4.89. The van der Waals surface area contributed by atoms with E-state index < -0.39 is 59.1 Å². The van der Waals surface area contributed by atoms with Crippen molar-refractivity contribution in [1.82, 2.24) is 23.9 Å². The second kappa shape index (κ2) is 10.1. The van der Waals surface area contributed by atoms with Crippen molar-refractivity contribution in [3.05, 3.63) is 61.3 Å². The Kier molecular flexibility index (Phi) is 7.54. The van der Waals surface area contributed by atoms with Crippen LogP contribution in [-0.4, -0.2) is 47.2 Å². The Hall–Kier alpha value is -3.72. The van der Waals surface area contributed by atoms with Crippen LogP contribution in [0.15, 0.2) is 27.8 Å². The van der Waals surface area contributed by atoms with E-state index >= 15 is 4.39 Å². The summed E-state index contributed by atoms with van der Waals surface area (Å²) in [5.41, 5.74) is -2.29. The van der Waals surface area contributed by atoms with Crippen LogP contribution >= 0.6 is 11.6 Å². The number of hydrogen-bond donors (Lipinski definition) is 2. The number of carbonyl (C=O) groups excluding carboxylic acids is 1. The third-order valence-electron chi connectivity index (χ3n) is 5.01. The van der Waals surface area contributed by atoms with Gasteiger partial charge in [0.15, 0.2) is 23.6 Å². The van der Waals surface area contributed by atoms with E-state index in [1.807, 2.05) is 0 Å². The molecule has 3 aromatic heterocycles. The fraction of sp³-hybridized carbons (Fsp3) is 0.350. The molecule has 0 fully saturated rings. The Labute approximate surface area is 204 Å². The number of rotatable bonds is 7. The zero-order chi connectivity index (χ0) is 26.9. The fourth-order valence-corrected chi connectivity index (χ4v) is 3.27. The van der Waals surface area contributed by atoms with Crippen molar-refractivity contribution in [3.8, 4) is 11.7 Å². The van der Waals surface area contributed by atoms with Gasteiger partial charge >= 0.3 is 11.9 Å². The third-order valence-corrected chi connectivity index (χ3v) is 5.32. The van der Waals surface area contributed by atoms with Crippen molar-refractivity contribution in [2.75, 3.05) is 5.32 Å². The van der Waals surface area contributed by atoms with Crippen LogP contribution in [0.4, 0.5) is 23.4 Å². The first kappa shape index (κ1) is 26.9. The van der Waals surface area contributed by atoms with Crippen LogP contribution in [0.25, 0.3) is 5.82 Å². The SMILES string of the molecule is CCn1c(CO)nn(-c2nc(O[C@@H](C)C(F)(F)F)c(C(=O)Nc3c(Cl)ccc(=O)n3C)cc2F)c1=O. The summed E-state index contributed by atoms with van der Waals surface area (Å²) in [6.45, 7) is 1.53. The van der Waals surface area contributed by atoms with E-state index in [4.69, 9.17) is 16.3 Å². The number of pyridine rings is 2. The van der Waals surface area contributed by atoms with Crippen molar-refractivity contribution in [2.45, 2.75) is 39.3 Å². The fourth-order valence-electron chi connectivity index (χ4n) is 3.03. The highest BCUT2D eigenvalue weighted by Gasteiger charge is 2.39. The summed E-state index contributed by atoms with van der Waals surface area (Å²) in [7, 11) is 1.27. The molecule has 0 aliphatic heterocycles. The molecule has 0 saturated carbocycles. The number of carbonyl (C=O) groups is 1. The molecule has 0 spiro atoms. The molecule has 3 rings (SSSR count). The van der Waals surface area contributed by atoms with Crippen LogP contribution in [0.2, 0.25) is 5.02 Å². The van der Waals surface area contributed by atoms with Gasteiger partial charge in [-0.25, -0.2) is 9.18 Å². The number of aliphatic hydroxyl groups excluding tert-OH is 1. The minimum Gasteiger partial charge on any atom is -0.464 e. The molecule has 0 aromatic carbocycles. The predicted molar refractivity (Wildman–Crippen MR) is 118 cm³/mol. The maximum absolute atomic E-state index is 15.1. The molecular formula is C20H19ClF4N6O5. The number of aromatic nitrogens is 5. The Morgan fingerprint density at radius 2 is 1.97 bits per heavy atom. The molecular weight excluding hydrogens is 516 g/mol. The molecule has 0 unspecified atom stereocenters. The van der Waals surface area contributed by atoms with E-state index in [9.17, 15) is 32.7 Å². The smallest absolute Gasteiger partial charge is 0.425 e. The molecule has 36 heavy (non-hydrogen) atoms. The Morgan fingerprint density at radius 3 is 2.53 bits per heavy atom. The molecule has 16 heteroatoms. The van der Waals surface area contributed by atoms with Crippen LogP contribution in [0.5, 0.6) is 5.88 Å². The first-order valence-electron chi connectivity index (χ1n) is 10.2. The van der Waals surface area contributed by atoms with Gasteiger partial charge in [-0.1, -0.05) is 11.6 Å². The van der Waals surface area contributed by atoms with Crippen LogP contribution < -0.4 is 21.3 Å². The molecule has 0 bridgehead atoms. The standard InChI is InChI=1S/C20H19ClF4N6O5/c1-4-30-13(8-32)28-31(19(30)35)16-12(22)7-10(18(27-16)36-9(2)20(23,24)25)17(34)26-15-11(21)5-6-14(33)29(15)3/h5-7,9,32H,4,8H2,1-3H3,(H,26,34)/t9-/m0/s1. The third kappa shape index (κ3) is 5.11. The number of hydrogen-bond acceptors (Lipinski definition) is 7. The molecule has 1 amide bonds. The quantitative estimate of drug-likeness (QED) is 0.443. The van der Waals surface area contributed by atoms with Gasteiger partial charge in [0.2, 0.25) is 5.88 Å². The summed E-state index contributed by atoms with van der Waals surface area (Å²) in [6.07, 6.45) is -7.38. The van der Waals surface area contributed by atoms with Gasteiger partial charge in [-0.05, 0) is 26.0 Å². The Morgan fingerprint density at radius 1 is 1.31 bits per heavy atom. The van der Waals surface area contributed by atoms with Crippen molar-refractivity contribution < 1.29 is 32.2 Å². The lowest BCUT2D eigenvalue weighted by molar-refractivity contribution is -0.190. The topological polar surface area (TPSA) is 133 Å². The van der Waals surface area contributed by atoms with E-state index in [-0.39, 0.29) is 23.2 Å². The molecule has 0 saturated heterocycles. The number of alkyl halides is 3. The first-order valence-corrected chi connectivity index (χ1v) is 10.6. The number of ether oxygens (including phenoxy) is 1. The van der Waals surface area contributed by atoms with E-state index in [1.165, 1.54) is 13.1 Å². The number of aliphatic hydroxyl groups is 1. The van der Waals surface area contributed by atoms with Crippen LogP contribution in [0, 0.1) is 5.82 Å². The zero-order valence-corrected chi connectivity index (χ0v) is 19.7. The van der Waals surface area contributed by atoms with Gasteiger partial charge in [-0.15, -0.1) is 5.10 Å². The highest BCUT2D eigenvalue weighted by molar-refractivity contribution is 6.33. The lowest BCUT2D eigenvalue weighted by atomic mass is 10.2. The number of anilines is 1. The van der Waals surface area contributed by atoms with Crippen molar-refractivity contribution >= 4 is 23.3 Å². The molecule has 3 aromatic rings. The second-order valence-corrected chi connectivity index (χ2v) is 7.75. The summed E-state index contributed by atoms with van der Waals surface area (Å²) in [6, 6.07) is 2.79. The summed E-state index contributed by atoms with van der Waals surface area (Å²) in [4.78, 5) is 41.0. The monoisotopic (exact) mass is 534 g/mol. The van der Waals surface area contributed by atoms with Crippen LogP contribution in [0.3, 0.4) is 0 Å². The zero-order valence-electron chi connectivity index (χ0n) is 18.9. The van der Waals surface area contributed by atoms with E-state index in [1.54, 1.807) is 6.92 Å². The lowest BCUT2D eigenvalue weighted by Gasteiger charge is -2.19. The Bertz CT molecular complexity index is 1430. The van der Waals surface area contributed by atoms with Crippen molar-refractivity contribution in [3.63, 3.8) is 0 Å². The van der Waals surface area contributed by atoms with Gasteiger partial charge in [0, 0.05) is 19.7 Å². The van der Waals surface area contributed by atoms with Gasteiger partial charge < -0.3 is 15.2 Å². The summed E-state index contributed by atoms with van der Waals surface area (Å²) in [5, 5.41) is 15.3. The summed E-state index contributed by atoms with van der Waals surface area (Å²) < 4.78 is 61.9. The van der Waals surface area contributed by atoms with Gasteiger partial charge in [0.05, 0.1) is 5.02 Å².